The molecule has 7 nitrogen and oxygen atoms in total. The summed E-state index contributed by atoms with van der Waals surface area (Å²) in [4.78, 5) is 44.2. The number of benzene rings is 2. The number of pyridine rings is 1. The smallest absolute Gasteiger partial charge is 0.272 e. The number of thiophene rings is 1. The molecule has 0 aliphatic heterocycles. The van der Waals surface area contributed by atoms with E-state index in [1.54, 1.807) is 79.9 Å². The average Bonchev–Trinajstić information content (AvgIpc) is 3.43. The number of carbonyl (C=O) groups is 3. The van der Waals surface area contributed by atoms with Crippen LogP contribution in [0, 0.1) is 0 Å². The number of carbonyl (C=O) groups excluding carboxylic acids is 3. The number of rotatable bonds is 9. The molecule has 1 atom stereocenters. The van der Waals surface area contributed by atoms with Gasteiger partial charge in [-0.05, 0) is 66.9 Å². The van der Waals surface area contributed by atoms with Crippen LogP contribution in [0.25, 0.3) is 6.08 Å². The van der Waals surface area contributed by atoms with Gasteiger partial charge in [-0.3, -0.25) is 14.4 Å². The molecule has 0 aliphatic rings. The lowest BCUT2D eigenvalue weighted by molar-refractivity contribution is -0.115. The zero-order valence-corrected chi connectivity index (χ0v) is 21.5. The Labute approximate surface area is 223 Å². The molecule has 0 aliphatic carbocycles. The number of aromatic nitrogens is 1. The van der Waals surface area contributed by atoms with Crippen molar-refractivity contribution in [3.05, 3.63) is 113 Å². The van der Waals surface area contributed by atoms with Crippen LogP contribution in [0.1, 0.15) is 22.2 Å². The molecule has 0 spiro atoms. The molecule has 0 radical (unpaired) electrons. The molecule has 4 rings (SSSR count). The number of anilines is 2. The summed E-state index contributed by atoms with van der Waals surface area (Å²) in [6.07, 6.45) is 3.26. The molecule has 0 bridgehead atoms. The minimum Gasteiger partial charge on any atom is -0.321 e. The molecule has 2 heterocycles. The maximum atomic E-state index is 13.2. The fourth-order valence-electron chi connectivity index (χ4n) is 3.23. The number of nitrogens with one attached hydrogen (secondary N) is 3. The number of thioether (sulfide) groups is 1. The Hall–Kier alpha value is -4.21. The molecular formula is C28H24N4O3S2. The van der Waals surface area contributed by atoms with Crippen molar-refractivity contribution in [1.29, 1.82) is 0 Å². The first kappa shape index (κ1) is 25.9. The molecule has 4 aromatic rings. The third kappa shape index (κ3) is 7.63. The Bertz CT molecular complexity index is 1390. The molecule has 3 N–H and O–H groups in total. The van der Waals surface area contributed by atoms with E-state index in [-0.39, 0.29) is 17.5 Å². The molecule has 186 valence electrons. The predicted octanol–water partition coefficient (Wildman–Crippen LogP) is 5.67. The summed E-state index contributed by atoms with van der Waals surface area (Å²) < 4.78 is 0. The van der Waals surface area contributed by atoms with Gasteiger partial charge in [0.2, 0.25) is 5.91 Å². The fraction of sp³-hybridized carbons (Fsp3) is 0.0714. The van der Waals surface area contributed by atoms with Crippen LogP contribution in [0.3, 0.4) is 0 Å². The summed E-state index contributed by atoms with van der Waals surface area (Å²) in [6.45, 7) is 1.80. The van der Waals surface area contributed by atoms with Gasteiger partial charge >= 0.3 is 0 Å². The third-order valence-electron chi connectivity index (χ3n) is 5.05. The lowest BCUT2D eigenvalue weighted by Gasteiger charge is -2.14. The Morgan fingerprint density at radius 2 is 1.73 bits per heavy atom. The second-order valence-corrected chi connectivity index (χ2v) is 10.2. The zero-order valence-electron chi connectivity index (χ0n) is 19.9. The van der Waals surface area contributed by atoms with Crippen LogP contribution >= 0.6 is 23.1 Å². The van der Waals surface area contributed by atoms with E-state index in [0.29, 0.717) is 17.1 Å². The van der Waals surface area contributed by atoms with Crippen LogP contribution in [0.5, 0.6) is 0 Å². The highest BCUT2D eigenvalue weighted by Gasteiger charge is 2.17. The van der Waals surface area contributed by atoms with Crippen LogP contribution < -0.4 is 16.0 Å². The normalized spacial score (nSPS) is 11.9. The molecule has 2 aromatic carbocycles. The van der Waals surface area contributed by atoms with Gasteiger partial charge in [-0.1, -0.05) is 36.4 Å². The van der Waals surface area contributed by atoms with Crippen molar-refractivity contribution in [3.63, 3.8) is 0 Å². The highest BCUT2D eigenvalue weighted by atomic mass is 32.2. The average molecular weight is 529 g/mol. The molecule has 1 unspecified atom stereocenters. The van der Waals surface area contributed by atoms with Crippen LogP contribution in [0.4, 0.5) is 11.5 Å². The monoisotopic (exact) mass is 528 g/mol. The maximum Gasteiger partial charge on any atom is 0.272 e. The highest BCUT2D eigenvalue weighted by Crippen LogP contribution is 2.27. The van der Waals surface area contributed by atoms with Gasteiger partial charge in [-0.15, -0.1) is 23.1 Å². The van der Waals surface area contributed by atoms with E-state index in [2.05, 4.69) is 20.9 Å². The Balaban J connectivity index is 1.44. The molecule has 2 aromatic heterocycles. The SMILES string of the molecule is CC(Sc1cccc(NC(=O)/C(=C/c2cccs2)NC(=O)c2ccccc2)c1)C(=O)Nc1ccccn1. The Kier molecular flexibility index (Phi) is 8.85. The van der Waals surface area contributed by atoms with Crippen molar-refractivity contribution >= 4 is 58.4 Å². The van der Waals surface area contributed by atoms with E-state index >= 15 is 0 Å². The lowest BCUT2D eigenvalue weighted by atomic mass is 10.2. The van der Waals surface area contributed by atoms with Crippen LogP contribution in [0.15, 0.2) is 107 Å². The molecular weight excluding hydrogens is 504 g/mol. The summed E-state index contributed by atoms with van der Waals surface area (Å²) in [5, 5.41) is 9.87. The molecule has 37 heavy (non-hydrogen) atoms. The van der Waals surface area contributed by atoms with E-state index < -0.39 is 11.2 Å². The number of hydrogen-bond acceptors (Lipinski definition) is 6. The van der Waals surface area contributed by atoms with E-state index in [1.807, 2.05) is 29.6 Å². The zero-order chi connectivity index (χ0) is 26.0. The molecule has 9 heteroatoms. The van der Waals surface area contributed by atoms with Crippen molar-refractivity contribution in [1.82, 2.24) is 10.3 Å². The first-order valence-electron chi connectivity index (χ1n) is 11.4. The van der Waals surface area contributed by atoms with E-state index in [0.717, 1.165) is 9.77 Å². The molecule has 0 saturated heterocycles. The fourth-order valence-corrected chi connectivity index (χ4v) is 4.81. The number of nitrogens with zero attached hydrogens (tertiary/aromatic N) is 1. The van der Waals surface area contributed by atoms with Gasteiger partial charge in [0.15, 0.2) is 0 Å². The predicted molar refractivity (Wildman–Crippen MR) is 149 cm³/mol. The van der Waals surface area contributed by atoms with Gasteiger partial charge in [-0.25, -0.2) is 4.98 Å². The highest BCUT2D eigenvalue weighted by molar-refractivity contribution is 8.00. The molecule has 0 saturated carbocycles. The molecule has 3 amide bonds. The van der Waals surface area contributed by atoms with Crippen molar-refractivity contribution < 1.29 is 14.4 Å². The van der Waals surface area contributed by atoms with Gasteiger partial charge in [0.25, 0.3) is 11.8 Å². The van der Waals surface area contributed by atoms with Gasteiger partial charge < -0.3 is 16.0 Å². The first-order chi connectivity index (χ1) is 18.0. The number of amides is 3. The van der Waals surface area contributed by atoms with Crippen molar-refractivity contribution in [2.75, 3.05) is 10.6 Å². The van der Waals surface area contributed by atoms with E-state index in [9.17, 15) is 14.4 Å². The number of hydrogen-bond donors (Lipinski definition) is 3. The lowest BCUT2D eigenvalue weighted by Crippen LogP contribution is -2.30. The van der Waals surface area contributed by atoms with Crippen LogP contribution in [-0.4, -0.2) is 28.0 Å². The summed E-state index contributed by atoms with van der Waals surface area (Å²) in [6, 6.07) is 25.0. The van der Waals surface area contributed by atoms with Crippen molar-refractivity contribution in [2.24, 2.45) is 0 Å². The van der Waals surface area contributed by atoms with Crippen LogP contribution in [0.2, 0.25) is 0 Å². The second-order valence-electron chi connectivity index (χ2n) is 7.84. The largest absolute Gasteiger partial charge is 0.321 e. The van der Waals surface area contributed by atoms with Gasteiger partial charge in [0.1, 0.15) is 11.5 Å². The summed E-state index contributed by atoms with van der Waals surface area (Å²) in [5.41, 5.74) is 1.11. The maximum absolute atomic E-state index is 13.2. The van der Waals surface area contributed by atoms with Crippen molar-refractivity contribution in [2.45, 2.75) is 17.1 Å². The summed E-state index contributed by atoms with van der Waals surface area (Å²) >= 11 is 2.82. The van der Waals surface area contributed by atoms with Gasteiger partial charge in [0, 0.05) is 27.2 Å². The van der Waals surface area contributed by atoms with Crippen LogP contribution in [-0.2, 0) is 9.59 Å². The third-order valence-corrected chi connectivity index (χ3v) is 6.96. The standard InChI is InChI=1S/C28H24N4O3S2/c1-19(26(33)32-25-14-5-6-15-29-25)37-23-12-7-11-21(17-23)30-28(35)24(18-22-13-8-16-36-22)31-27(34)20-9-3-2-4-10-20/h2-19H,1H3,(H,30,35)(H,31,34)(H,29,32,33)/b24-18-. The second kappa shape index (κ2) is 12.7. The van der Waals surface area contributed by atoms with E-state index in [1.165, 1.54) is 23.1 Å². The minimum atomic E-state index is -0.458. The topological polar surface area (TPSA) is 100 Å². The van der Waals surface area contributed by atoms with E-state index in [4.69, 9.17) is 0 Å². The summed E-state index contributed by atoms with van der Waals surface area (Å²) in [5.74, 6) is -0.525. The minimum absolute atomic E-state index is 0.123. The first-order valence-corrected chi connectivity index (χ1v) is 13.2. The Morgan fingerprint density at radius 1 is 0.919 bits per heavy atom. The van der Waals surface area contributed by atoms with Gasteiger partial charge in [-0.2, -0.15) is 0 Å². The molecule has 0 fully saturated rings. The summed E-state index contributed by atoms with van der Waals surface area (Å²) in [7, 11) is 0. The van der Waals surface area contributed by atoms with Gasteiger partial charge in [0.05, 0.1) is 5.25 Å². The Morgan fingerprint density at radius 3 is 2.46 bits per heavy atom. The quantitative estimate of drug-likeness (QED) is 0.192. The van der Waals surface area contributed by atoms with Crippen molar-refractivity contribution in [3.8, 4) is 0 Å².